The number of hydrogen-bond acceptors (Lipinski definition) is 5. The van der Waals surface area contributed by atoms with E-state index in [0.717, 1.165) is 31.6 Å². The van der Waals surface area contributed by atoms with Crippen molar-refractivity contribution in [2.24, 2.45) is 0 Å². The molecular weight excluding hydrogens is 337 g/mol. The van der Waals surface area contributed by atoms with Gasteiger partial charge in [-0.3, -0.25) is 10.1 Å². The van der Waals surface area contributed by atoms with Gasteiger partial charge in [-0.1, -0.05) is 6.92 Å². The van der Waals surface area contributed by atoms with Crippen molar-refractivity contribution in [3.05, 3.63) is 33.6 Å². The third-order valence-corrected chi connectivity index (χ3v) is 6.19. The average Bonchev–Trinajstić information content (AvgIpc) is 2.73. The van der Waals surface area contributed by atoms with Crippen LogP contribution in [0.2, 0.25) is 0 Å². The molecule has 2 rings (SSSR count). The Bertz CT molecular complexity index is 724. The molecule has 134 valence electrons. The van der Waals surface area contributed by atoms with Gasteiger partial charge >= 0.3 is 5.69 Å². The van der Waals surface area contributed by atoms with Crippen LogP contribution in [0, 0.1) is 22.9 Å². The van der Waals surface area contributed by atoms with Crippen molar-refractivity contribution in [3.63, 3.8) is 0 Å². The third kappa shape index (κ3) is 3.90. The normalized spacial score (nSPS) is 17.6. The molecular formula is C15H22FN3O4S. The summed E-state index contributed by atoms with van der Waals surface area (Å²) in [6.07, 6.45) is 1.69. The van der Waals surface area contributed by atoms with E-state index in [1.54, 1.807) is 0 Å². The summed E-state index contributed by atoms with van der Waals surface area (Å²) in [7, 11) is -3.89. The molecule has 1 heterocycles. The zero-order chi connectivity index (χ0) is 17.9. The van der Waals surface area contributed by atoms with Crippen molar-refractivity contribution >= 4 is 15.7 Å². The standard InChI is InChI=1S/C15H22FN3O4S/c1-3-5-17-6-4-7-18(9-8-17)24(22,23)15-11-14(19(20)21)13(16)10-12(15)2/h10-11H,3-9H2,1-2H3. The maximum Gasteiger partial charge on any atom is 0.306 e. The summed E-state index contributed by atoms with van der Waals surface area (Å²) in [5.41, 5.74) is -0.644. The molecule has 0 radical (unpaired) electrons. The fraction of sp³-hybridized carbons (Fsp3) is 0.600. The summed E-state index contributed by atoms with van der Waals surface area (Å²) in [6.45, 7) is 6.55. The highest BCUT2D eigenvalue weighted by molar-refractivity contribution is 7.89. The van der Waals surface area contributed by atoms with Crippen LogP contribution >= 0.6 is 0 Å². The Morgan fingerprint density at radius 3 is 2.58 bits per heavy atom. The summed E-state index contributed by atoms with van der Waals surface area (Å²) in [5, 5.41) is 10.9. The van der Waals surface area contributed by atoms with Crippen LogP contribution in [-0.2, 0) is 10.0 Å². The van der Waals surface area contributed by atoms with Crippen LogP contribution in [0.5, 0.6) is 0 Å². The number of halogens is 1. The van der Waals surface area contributed by atoms with Crippen molar-refractivity contribution in [2.45, 2.75) is 31.6 Å². The van der Waals surface area contributed by atoms with Crippen molar-refractivity contribution in [1.82, 2.24) is 9.21 Å². The first-order chi connectivity index (χ1) is 11.3. The number of nitrogens with zero attached hydrogens (tertiary/aromatic N) is 3. The van der Waals surface area contributed by atoms with Crippen LogP contribution in [0.25, 0.3) is 0 Å². The van der Waals surface area contributed by atoms with Crippen LogP contribution in [0.15, 0.2) is 17.0 Å². The Labute approximate surface area is 141 Å². The topological polar surface area (TPSA) is 83.8 Å². The van der Waals surface area contributed by atoms with Gasteiger partial charge in [-0.2, -0.15) is 8.70 Å². The smallest absolute Gasteiger partial charge is 0.302 e. The quantitative estimate of drug-likeness (QED) is 0.594. The molecule has 1 saturated heterocycles. The van der Waals surface area contributed by atoms with Crippen LogP contribution in [0.4, 0.5) is 10.1 Å². The van der Waals surface area contributed by atoms with E-state index in [4.69, 9.17) is 0 Å². The molecule has 1 fully saturated rings. The molecule has 0 unspecified atom stereocenters. The fourth-order valence-electron chi connectivity index (χ4n) is 2.93. The van der Waals surface area contributed by atoms with Gasteiger partial charge in [0.25, 0.3) is 0 Å². The van der Waals surface area contributed by atoms with Gasteiger partial charge in [0.2, 0.25) is 15.8 Å². The van der Waals surface area contributed by atoms with Crippen molar-refractivity contribution in [1.29, 1.82) is 0 Å². The number of benzene rings is 1. The Balaban J connectivity index is 2.33. The molecule has 0 bridgehead atoms. The highest BCUT2D eigenvalue weighted by Crippen LogP contribution is 2.28. The fourth-order valence-corrected chi connectivity index (χ4v) is 4.62. The second kappa shape index (κ2) is 7.54. The van der Waals surface area contributed by atoms with Gasteiger partial charge in [0.1, 0.15) is 0 Å². The van der Waals surface area contributed by atoms with Crippen molar-refractivity contribution < 1.29 is 17.7 Å². The van der Waals surface area contributed by atoms with E-state index in [9.17, 15) is 22.9 Å². The SMILES string of the molecule is CCCN1CCCN(S(=O)(=O)c2cc([N+](=O)[O-])c(F)cc2C)CC1. The minimum atomic E-state index is -3.89. The Morgan fingerprint density at radius 1 is 1.25 bits per heavy atom. The van der Waals surface area contributed by atoms with Gasteiger partial charge in [0.15, 0.2) is 0 Å². The zero-order valence-electron chi connectivity index (χ0n) is 13.9. The molecule has 24 heavy (non-hydrogen) atoms. The maximum absolute atomic E-state index is 13.7. The first-order valence-electron chi connectivity index (χ1n) is 7.94. The minimum Gasteiger partial charge on any atom is -0.302 e. The number of nitro benzene ring substituents is 1. The average molecular weight is 359 g/mol. The van der Waals surface area contributed by atoms with E-state index in [1.165, 1.54) is 11.2 Å². The van der Waals surface area contributed by atoms with Gasteiger partial charge in [0, 0.05) is 25.7 Å². The van der Waals surface area contributed by atoms with Crippen LogP contribution in [0.1, 0.15) is 25.3 Å². The summed E-state index contributed by atoms with van der Waals surface area (Å²) in [6, 6.07) is 1.74. The summed E-state index contributed by atoms with van der Waals surface area (Å²) in [4.78, 5) is 12.0. The molecule has 7 nitrogen and oxygen atoms in total. The van der Waals surface area contributed by atoms with Gasteiger partial charge in [-0.15, -0.1) is 0 Å². The predicted octanol–water partition coefficient (Wildman–Crippen LogP) is 2.15. The lowest BCUT2D eigenvalue weighted by Crippen LogP contribution is -2.35. The predicted molar refractivity (Wildman–Crippen MR) is 87.9 cm³/mol. The Morgan fingerprint density at radius 2 is 1.96 bits per heavy atom. The minimum absolute atomic E-state index is 0.174. The third-order valence-electron chi connectivity index (χ3n) is 4.15. The molecule has 0 aromatic heterocycles. The number of rotatable bonds is 5. The largest absolute Gasteiger partial charge is 0.306 e. The number of hydrogen-bond donors (Lipinski definition) is 0. The van der Waals surface area contributed by atoms with E-state index in [2.05, 4.69) is 11.8 Å². The summed E-state index contributed by atoms with van der Waals surface area (Å²) < 4.78 is 40.7. The lowest BCUT2D eigenvalue weighted by molar-refractivity contribution is -0.387. The first-order valence-corrected chi connectivity index (χ1v) is 9.38. The van der Waals surface area contributed by atoms with E-state index >= 15 is 0 Å². The van der Waals surface area contributed by atoms with Gasteiger partial charge in [-0.25, -0.2) is 8.42 Å². The molecule has 0 aliphatic carbocycles. The summed E-state index contributed by atoms with van der Waals surface area (Å²) >= 11 is 0. The highest BCUT2D eigenvalue weighted by atomic mass is 32.2. The van der Waals surface area contributed by atoms with Crippen molar-refractivity contribution in [2.75, 3.05) is 32.7 Å². The highest BCUT2D eigenvalue weighted by Gasteiger charge is 2.30. The number of aryl methyl sites for hydroxylation is 1. The Hall–Kier alpha value is -1.58. The van der Waals surface area contributed by atoms with Crippen molar-refractivity contribution in [3.8, 4) is 0 Å². The molecule has 0 amide bonds. The molecule has 0 saturated carbocycles. The van der Waals surface area contributed by atoms with Crippen LogP contribution in [0.3, 0.4) is 0 Å². The van der Waals surface area contributed by atoms with E-state index in [0.29, 0.717) is 26.1 Å². The van der Waals surface area contributed by atoms with E-state index in [-0.39, 0.29) is 10.5 Å². The lowest BCUT2D eigenvalue weighted by Gasteiger charge is -2.22. The number of nitro groups is 1. The van der Waals surface area contributed by atoms with Crippen LogP contribution < -0.4 is 0 Å². The molecule has 1 aliphatic heterocycles. The lowest BCUT2D eigenvalue weighted by atomic mass is 10.2. The number of sulfonamides is 1. The molecule has 1 aromatic carbocycles. The monoisotopic (exact) mass is 359 g/mol. The first kappa shape index (κ1) is 18.8. The molecule has 1 aliphatic rings. The molecule has 0 atom stereocenters. The Kier molecular flexibility index (Phi) is 5.89. The second-order valence-electron chi connectivity index (χ2n) is 5.93. The maximum atomic E-state index is 13.7. The molecule has 1 aromatic rings. The van der Waals surface area contributed by atoms with Gasteiger partial charge < -0.3 is 4.90 Å². The zero-order valence-corrected chi connectivity index (χ0v) is 14.7. The van der Waals surface area contributed by atoms with Gasteiger partial charge in [0.05, 0.1) is 9.82 Å². The molecule has 0 spiro atoms. The van der Waals surface area contributed by atoms with Gasteiger partial charge in [-0.05, 0) is 44.5 Å². The molecule has 9 heteroatoms. The van der Waals surface area contributed by atoms with E-state index in [1.807, 2.05) is 0 Å². The van der Waals surface area contributed by atoms with E-state index < -0.39 is 26.5 Å². The summed E-state index contributed by atoms with van der Waals surface area (Å²) in [5.74, 6) is -1.03. The second-order valence-corrected chi connectivity index (χ2v) is 7.83. The van der Waals surface area contributed by atoms with Crippen LogP contribution in [-0.4, -0.2) is 55.3 Å². The molecule has 0 N–H and O–H groups in total.